The Morgan fingerprint density at radius 2 is 2.07 bits per heavy atom. The quantitative estimate of drug-likeness (QED) is 0.463. The van der Waals surface area contributed by atoms with Crippen LogP contribution in [0, 0.1) is 0 Å². The van der Waals surface area contributed by atoms with Crippen molar-refractivity contribution >= 4 is 39.5 Å². The van der Waals surface area contributed by atoms with Crippen LogP contribution in [0.25, 0.3) is 6.08 Å². The summed E-state index contributed by atoms with van der Waals surface area (Å²) in [7, 11) is 3.44. The molecule has 0 aliphatic carbocycles. The molecule has 0 aliphatic rings. The van der Waals surface area contributed by atoms with E-state index in [2.05, 4.69) is 26.3 Å². The number of nitrogens with one attached hydrogen (secondary N) is 1. The van der Waals surface area contributed by atoms with Crippen LogP contribution in [0.5, 0.6) is 11.5 Å². The Morgan fingerprint density at radius 1 is 1.27 bits per heavy atom. The van der Waals surface area contributed by atoms with Gasteiger partial charge in [0.2, 0.25) is 5.91 Å². The molecule has 1 N–H and O–H groups in total. The van der Waals surface area contributed by atoms with Crippen LogP contribution in [0.4, 0.5) is 0 Å². The molecule has 0 saturated heterocycles. The lowest BCUT2D eigenvalue weighted by Gasteiger charge is -2.12. The summed E-state index contributed by atoms with van der Waals surface area (Å²) in [6.45, 7) is 0.729. The maximum absolute atomic E-state index is 12.1. The number of nitrogens with zero attached hydrogens (tertiary/aromatic N) is 2. The van der Waals surface area contributed by atoms with E-state index in [4.69, 9.17) is 21.1 Å². The highest BCUT2D eigenvalue weighted by Crippen LogP contribution is 2.30. The van der Waals surface area contributed by atoms with E-state index in [-0.39, 0.29) is 5.91 Å². The van der Waals surface area contributed by atoms with Gasteiger partial charge in [0.25, 0.3) is 0 Å². The lowest BCUT2D eigenvalue weighted by atomic mass is 10.1. The minimum atomic E-state index is -0.183. The monoisotopic (exact) mass is 489 g/mol. The predicted octanol–water partition coefficient (Wildman–Crippen LogP) is 4.75. The maximum atomic E-state index is 12.1. The van der Waals surface area contributed by atoms with Crippen LogP contribution in [-0.4, -0.2) is 22.8 Å². The van der Waals surface area contributed by atoms with E-state index >= 15 is 0 Å². The Hall–Kier alpha value is -2.77. The van der Waals surface area contributed by atoms with Crippen molar-refractivity contribution in [2.75, 3.05) is 7.11 Å². The smallest absolute Gasteiger partial charge is 0.244 e. The van der Waals surface area contributed by atoms with Gasteiger partial charge in [0.15, 0.2) is 0 Å². The molecule has 0 aliphatic heterocycles. The minimum absolute atomic E-state index is 0.183. The molecule has 30 heavy (non-hydrogen) atoms. The van der Waals surface area contributed by atoms with E-state index in [9.17, 15) is 4.79 Å². The number of hydrogen-bond acceptors (Lipinski definition) is 4. The summed E-state index contributed by atoms with van der Waals surface area (Å²) in [5, 5.41) is 7.54. The van der Waals surface area contributed by atoms with E-state index in [0.717, 1.165) is 21.2 Å². The Balaban J connectivity index is 1.64. The molecule has 3 aromatic rings. The summed E-state index contributed by atoms with van der Waals surface area (Å²) >= 11 is 9.41. The van der Waals surface area contributed by atoms with Crippen molar-refractivity contribution in [3.8, 4) is 11.5 Å². The molecule has 1 amide bonds. The van der Waals surface area contributed by atoms with E-state index < -0.39 is 0 Å². The summed E-state index contributed by atoms with van der Waals surface area (Å²) in [6.07, 6.45) is 6.83. The second-order valence-corrected chi connectivity index (χ2v) is 7.80. The molecule has 0 unspecified atom stereocenters. The second-order valence-electron chi connectivity index (χ2n) is 6.51. The van der Waals surface area contributed by atoms with E-state index in [1.165, 1.54) is 6.08 Å². The zero-order valence-electron chi connectivity index (χ0n) is 16.6. The molecule has 0 saturated carbocycles. The highest BCUT2D eigenvalue weighted by molar-refractivity contribution is 9.10. The molecule has 156 valence electrons. The van der Waals surface area contributed by atoms with Crippen LogP contribution in [0.2, 0.25) is 5.02 Å². The van der Waals surface area contributed by atoms with Gasteiger partial charge in [-0.25, -0.2) is 0 Å². The van der Waals surface area contributed by atoms with Gasteiger partial charge in [-0.2, -0.15) is 5.10 Å². The van der Waals surface area contributed by atoms with Crippen molar-refractivity contribution in [3.05, 3.63) is 81.1 Å². The molecule has 0 radical (unpaired) electrons. The SMILES string of the molecule is COc1ccc(/C=C/C(=O)NCc2cnn(C)c2)cc1COc1ccc(Cl)cc1Br. The zero-order chi connectivity index (χ0) is 21.5. The Morgan fingerprint density at radius 3 is 2.77 bits per heavy atom. The highest BCUT2D eigenvalue weighted by atomic mass is 79.9. The molecule has 8 heteroatoms. The number of aromatic nitrogens is 2. The number of rotatable bonds is 8. The van der Waals surface area contributed by atoms with Gasteiger partial charge in [-0.05, 0) is 57.9 Å². The summed E-state index contributed by atoms with van der Waals surface area (Å²) in [5.41, 5.74) is 2.66. The van der Waals surface area contributed by atoms with Crippen molar-refractivity contribution < 1.29 is 14.3 Å². The van der Waals surface area contributed by atoms with Crippen molar-refractivity contribution in [2.45, 2.75) is 13.2 Å². The van der Waals surface area contributed by atoms with Gasteiger partial charge >= 0.3 is 0 Å². The number of halogens is 2. The second kappa shape index (κ2) is 10.3. The van der Waals surface area contributed by atoms with E-state index in [1.807, 2.05) is 31.4 Å². The topological polar surface area (TPSA) is 65.4 Å². The van der Waals surface area contributed by atoms with Gasteiger partial charge in [-0.15, -0.1) is 0 Å². The van der Waals surface area contributed by atoms with Crippen LogP contribution in [-0.2, 0) is 25.0 Å². The summed E-state index contributed by atoms with van der Waals surface area (Å²) in [5.74, 6) is 1.20. The van der Waals surface area contributed by atoms with Gasteiger partial charge in [0, 0.05) is 42.0 Å². The zero-order valence-corrected chi connectivity index (χ0v) is 18.9. The van der Waals surface area contributed by atoms with Crippen molar-refractivity contribution in [1.29, 1.82) is 0 Å². The normalized spacial score (nSPS) is 10.9. The molecular weight excluding hydrogens is 470 g/mol. The number of carbonyl (C=O) groups is 1. The van der Waals surface area contributed by atoms with Crippen molar-refractivity contribution in [1.82, 2.24) is 15.1 Å². The van der Waals surface area contributed by atoms with Crippen LogP contribution in [0.3, 0.4) is 0 Å². The minimum Gasteiger partial charge on any atom is -0.496 e. The first kappa shape index (κ1) is 21.9. The number of methoxy groups -OCH3 is 1. The highest BCUT2D eigenvalue weighted by Gasteiger charge is 2.08. The lowest BCUT2D eigenvalue weighted by Crippen LogP contribution is -2.19. The largest absolute Gasteiger partial charge is 0.496 e. The standard InChI is InChI=1S/C22H21BrClN3O3/c1-27-13-16(12-26-27)11-25-22(28)8-4-15-3-6-20(29-2)17(9-15)14-30-21-7-5-18(24)10-19(21)23/h3-10,12-13H,11,14H2,1-2H3,(H,25,28)/b8-4+. The number of aryl methyl sites for hydroxylation is 1. The summed E-state index contributed by atoms with van der Waals surface area (Å²) < 4.78 is 13.8. The Kier molecular flexibility index (Phi) is 7.54. The van der Waals surface area contributed by atoms with Gasteiger partial charge in [0.1, 0.15) is 18.1 Å². The third-order valence-corrected chi connectivity index (χ3v) is 5.09. The molecule has 6 nitrogen and oxygen atoms in total. The Bertz CT molecular complexity index is 1070. The average Bonchev–Trinajstić information content (AvgIpc) is 3.15. The number of ether oxygens (including phenoxy) is 2. The average molecular weight is 491 g/mol. The number of benzene rings is 2. The molecule has 3 rings (SSSR count). The van der Waals surface area contributed by atoms with Gasteiger partial charge in [0.05, 0.1) is 17.8 Å². The number of carbonyl (C=O) groups excluding carboxylic acids is 1. The third kappa shape index (κ3) is 6.11. The fourth-order valence-corrected chi connectivity index (χ4v) is 3.54. The molecule has 1 aromatic heterocycles. The molecule has 0 spiro atoms. The van der Waals surface area contributed by atoms with Gasteiger partial charge in [-0.3, -0.25) is 9.48 Å². The molecule has 0 fully saturated rings. The Labute approximate surface area is 188 Å². The fourth-order valence-electron chi connectivity index (χ4n) is 2.75. The summed E-state index contributed by atoms with van der Waals surface area (Å²) in [4.78, 5) is 12.1. The van der Waals surface area contributed by atoms with Crippen molar-refractivity contribution in [2.24, 2.45) is 7.05 Å². The van der Waals surface area contributed by atoms with Crippen LogP contribution < -0.4 is 14.8 Å². The molecular formula is C22H21BrClN3O3. The van der Waals surface area contributed by atoms with Crippen LogP contribution >= 0.6 is 27.5 Å². The molecule has 2 aromatic carbocycles. The lowest BCUT2D eigenvalue weighted by molar-refractivity contribution is -0.116. The molecule has 1 heterocycles. The number of hydrogen-bond donors (Lipinski definition) is 1. The van der Waals surface area contributed by atoms with Crippen LogP contribution in [0.1, 0.15) is 16.7 Å². The maximum Gasteiger partial charge on any atom is 0.244 e. The van der Waals surface area contributed by atoms with Gasteiger partial charge in [-0.1, -0.05) is 17.7 Å². The summed E-state index contributed by atoms with van der Waals surface area (Å²) in [6, 6.07) is 11.0. The van der Waals surface area contributed by atoms with E-state index in [0.29, 0.717) is 29.7 Å². The molecule has 0 atom stereocenters. The molecule has 0 bridgehead atoms. The number of amides is 1. The third-order valence-electron chi connectivity index (χ3n) is 4.23. The fraction of sp³-hybridized carbons (Fsp3) is 0.182. The van der Waals surface area contributed by atoms with Gasteiger partial charge < -0.3 is 14.8 Å². The van der Waals surface area contributed by atoms with E-state index in [1.54, 1.807) is 42.3 Å². The first-order valence-corrected chi connectivity index (χ1v) is 10.3. The first-order chi connectivity index (χ1) is 14.4. The van der Waals surface area contributed by atoms with Crippen LogP contribution in [0.15, 0.2) is 59.3 Å². The van der Waals surface area contributed by atoms with Crippen molar-refractivity contribution in [3.63, 3.8) is 0 Å². The first-order valence-electron chi connectivity index (χ1n) is 9.13. The predicted molar refractivity (Wildman–Crippen MR) is 121 cm³/mol.